The van der Waals surface area contributed by atoms with Crippen LogP contribution >= 0.6 is 0 Å². The first-order chi connectivity index (χ1) is 17.8. The van der Waals surface area contributed by atoms with Crippen LogP contribution in [0.15, 0.2) is 67.0 Å². The number of aromatic nitrogens is 4. The number of benzene rings is 2. The van der Waals surface area contributed by atoms with Crippen LogP contribution in [0.3, 0.4) is 0 Å². The third kappa shape index (κ3) is 4.33. The fourth-order valence-electron chi connectivity index (χ4n) is 4.55. The van der Waals surface area contributed by atoms with Crippen molar-refractivity contribution < 1.29 is 23.8 Å². The summed E-state index contributed by atoms with van der Waals surface area (Å²) in [5.74, 6) is -1.12. The molecule has 2 aromatic heterocycles. The third-order valence-electron chi connectivity index (χ3n) is 6.38. The fourth-order valence-corrected chi connectivity index (χ4v) is 4.55. The molecule has 1 aliphatic rings. The third-order valence-corrected chi connectivity index (χ3v) is 6.38. The van der Waals surface area contributed by atoms with Gasteiger partial charge < -0.3 is 25.7 Å². The van der Waals surface area contributed by atoms with Crippen LogP contribution in [0.4, 0.5) is 11.8 Å². The van der Waals surface area contributed by atoms with E-state index >= 15 is 0 Å². The molecule has 1 saturated heterocycles. The largest absolute Gasteiger partial charge is 0.452 e. The lowest BCUT2D eigenvalue weighted by atomic mass is 9.94. The summed E-state index contributed by atoms with van der Waals surface area (Å²) in [5.41, 5.74) is 11.7. The molecule has 2 aromatic carbocycles. The van der Waals surface area contributed by atoms with Crippen LogP contribution in [-0.2, 0) is 14.2 Å². The lowest BCUT2D eigenvalue weighted by Crippen LogP contribution is -2.49. The average molecular weight is 503 g/mol. The van der Waals surface area contributed by atoms with E-state index in [1.54, 1.807) is 72.2 Å². The van der Waals surface area contributed by atoms with Crippen LogP contribution in [0.5, 0.6) is 0 Å². The number of hydrogen-bond donors (Lipinski definition) is 2. The molecule has 3 heterocycles. The summed E-state index contributed by atoms with van der Waals surface area (Å²) < 4.78 is 20.0. The van der Waals surface area contributed by atoms with E-state index in [1.165, 1.54) is 6.33 Å². The van der Waals surface area contributed by atoms with Gasteiger partial charge in [0.25, 0.3) is 0 Å². The Kier molecular flexibility index (Phi) is 6.22. The first-order valence-electron chi connectivity index (χ1n) is 11.8. The minimum absolute atomic E-state index is 0.0492. The highest BCUT2D eigenvalue weighted by molar-refractivity contribution is 5.90. The smallest absolute Gasteiger partial charge is 0.338 e. The van der Waals surface area contributed by atoms with Gasteiger partial charge >= 0.3 is 11.9 Å². The molecule has 4 aromatic rings. The maximum atomic E-state index is 13.3. The van der Waals surface area contributed by atoms with E-state index in [2.05, 4.69) is 15.0 Å². The van der Waals surface area contributed by atoms with Gasteiger partial charge in [0.15, 0.2) is 29.4 Å². The van der Waals surface area contributed by atoms with Gasteiger partial charge in [-0.15, -0.1) is 0 Å². The van der Waals surface area contributed by atoms with Crippen LogP contribution in [0.1, 0.15) is 47.2 Å². The maximum absolute atomic E-state index is 13.3. The molecule has 0 spiro atoms. The van der Waals surface area contributed by atoms with Crippen molar-refractivity contribution in [3.8, 4) is 0 Å². The van der Waals surface area contributed by atoms with Crippen LogP contribution < -0.4 is 11.5 Å². The molecule has 5 rings (SSSR count). The number of carbonyl (C=O) groups is 2. The highest BCUT2D eigenvalue weighted by Crippen LogP contribution is 2.45. The van der Waals surface area contributed by atoms with Crippen molar-refractivity contribution in [1.29, 1.82) is 0 Å². The van der Waals surface area contributed by atoms with Crippen molar-refractivity contribution >= 4 is 34.9 Å². The molecule has 0 bridgehead atoms. The average Bonchev–Trinajstić information content (AvgIpc) is 3.43. The topological polar surface area (TPSA) is 157 Å². The van der Waals surface area contributed by atoms with Gasteiger partial charge in [-0.2, -0.15) is 9.97 Å². The number of esters is 2. The van der Waals surface area contributed by atoms with Crippen LogP contribution in [0.25, 0.3) is 11.2 Å². The van der Waals surface area contributed by atoms with Crippen molar-refractivity contribution in [2.75, 3.05) is 11.5 Å². The van der Waals surface area contributed by atoms with Crippen LogP contribution in [-0.4, -0.2) is 49.3 Å². The Balaban J connectivity index is 1.59. The van der Waals surface area contributed by atoms with Crippen molar-refractivity contribution in [1.82, 2.24) is 19.5 Å². The molecule has 11 nitrogen and oxygen atoms in total. The summed E-state index contributed by atoms with van der Waals surface area (Å²) in [6, 6.07) is 17.1. The number of ether oxygens (including phenoxy) is 3. The van der Waals surface area contributed by atoms with E-state index in [1.807, 2.05) is 6.92 Å². The molecular weight excluding hydrogens is 476 g/mol. The summed E-state index contributed by atoms with van der Waals surface area (Å²) in [7, 11) is 0. The van der Waals surface area contributed by atoms with E-state index in [0.717, 1.165) is 0 Å². The number of nitrogens with zero attached hydrogens (tertiary/aromatic N) is 4. The summed E-state index contributed by atoms with van der Waals surface area (Å²) in [6.07, 6.45) is -0.620. The van der Waals surface area contributed by atoms with Crippen molar-refractivity contribution in [3.63, 3.8) is 0 Å². The Bertz CT molecular complexity index is 1440. The fraction of sp³-hybridized carbons (Fsp3) is 0.269. The van der Waals surface area contributed by atoms with E-state index in [0.29, 0.717) is 28.7 Å². The predicted octanol–water partition coefficient (Wildman–Crippen LogP) is 3.14. The molecule has 37 heavy (non-hydrogen) atoms. The minimum atomic E-state index is -1.49. The molecule has 4 N–H and O–H groups in total. The quantitative estimate of drug-likeness (QED) is 0.375. The second-order valence-corrected chi connectivity index (χ2v) is 8.86. The lowest BCUT2D eigenvalue weighted by Gasteiger charge is -2.34. The molecule has 0 radical (unpaired) electrons. The van der Waals surface area contributed by atoms with Gasteiger partial charge in [-0.25, -0.2) is 14.6 Å². The number of nitrogen functional groups attached to an aromatic ring is 2. The summed E-state index contributed by atoms with van der Waals surface area (Å²) in [6.45, 7) is 3.55. The summed E-state index contributed by atoms with van der Waals surface area (Å²) >= 11 is 0. The molecule has 1 fully saturated rings. The molecule has 1 aliphatic heterocycles. The highest BCUT2D eigenvalue weighted by atomic mass is 16.7. The number of imidazole rings is 1. The second-order valence-electron chi connectivity index (χ2n) is 8.86. The first kappa shape index (κ1) is 24.2. The Morgan fingerprint density at radius 3 is 2.24 bits per heavy atom. The molecule has 1 unspecified atom stereocenters. The molecule has 11 heteroatoms. The number of rotatable bonds is 6. The van der Waals surface area contributed by atoms with Crippen LogP contribution in [0, 0.1) is 0 Å². The number of hydrogen-bond acceptors (Lipinski definition) is 10. The standard InChI is InChI=1S/C26H26N6O5/c1-3-17-19(36-22(33)15-10-6-4-7-11-15)26(2,37-23(34)16-12-8-5-9-13-16)24(35-17)32-14-29-18-20(27)30-25(28)31-21(18)32/h4-14,17,19,24H,3H2,1-2H3,(H4,27,28,30,31)/t17-,19+,24-,26?/m1/s1. The Labute approximate surface area is 212 Å². The molecule has 0 amide bonds. The normalized spacial score (nSPS) is 23.1. The molecular formula is C26H26N6O5. The van der Waals surface area contributed by atoms with Gasteiger partial charge in [0.05, 0.1) is 17.5 Å². The Hall–Kier alpha value is -4.51. The van der Waals surface area contributed by atoms with Gasteiger partial charge in [-0.3, -0.25) is 4.57 Å². The Morgan fingerprint density at radius 1 is 1.00 bits per heavy atom. The number of nitrogens with two attached hydrogens (primary N) is 2. The molecule has 190 valence electrons. The number of carbonyl (C=O) groups excluding carboxylic acids is 2. The zero-order valence-corrected chi connectivity index (χ0v) is 20.3. The Morgan fingerprint density at radius 2 is 1.62 bits per heavy atom. The zero-order valence-electron chi connectivity index (χ0n) is 20.3. The SMILES string of the molecule is CC[C@H]1O[C@@H](n2cnc3c(N)nc(N)nc32)C(C)(OC(=O)c2ccccc2)[C@H]1OC(=O)c1ccccc1. The maximum Gasteiger partial charge on any atom is 0.338 e. The second kappa shape index (κ2) is 9.51. The minimum Gasteiger partial charge on any atom is -0.452 e. The van der Waals surface area contributed by atoms with Gasteiger partial charge in [0.2, 0.25) is 5.95 Å². The van der Waals surface area contributed by atoms with E-state index < -0.39 is 36.0 Å². The van der Waals surface area contributed by atoms with Gasteiger partial charge in [0.1, 0.15) is 11.6 Å². The van der Waals surface area contributed by atoms with Crippen molar-refractivity contribution in [2.24, 2.45) is 0 Å². The van der Waals surface area contributed by atoms with E-state index in [4.69, 9.17) is 25.7 Å². The van der Waals surface area contributed by atoms with E-state index in [9.17, 15) is 9.59 Å². The van der Waals surface area contributed by atoms with Gasteiger partial charge in [-0.05, 0) is 37.6 Å². The number of anilines is 2. The first-order valence-corrected chi connectivity index (χ1v) is 11.8. The molecule has 4 atom stereocenters. The van der Waals surface area contributed by atoms with E-state index in [-0.39, 0.29) is 11.8 Å². The zero-order chi connectivity index (χ0) is 26.2. The van der Waals surface area contributed by atoms with Crippen molar-refractivity contribution in [2.45, 2.75) is 44.3 Å². The highest BCUT2D eigenvalue weighted by Gasteiger charge is 2.59. The number of fused-ring (bicyclic) bond motifs is 1. The monoisotopic (exact) mass is 502 g/mol. The van der Waals surface area contributed by atoms with Gasteiger partial charge in [0, 0.05) is 0 Å². The summed E-state index contributed by atoms with van der Waals surface area (Å²) in [4.78, 5) is 39.0. The van der Waals surface area contributed by atoms with Crippen molar-refractivity contribution in [3.05, 3.63) is 78.1 Å². The van der Waals surface area contributed by atoms with Crippen LogP contribution in [0.2, 0.25) is 0 Å². The summed E-state index contributed by atoms with van der Waals surface area (Å²) in [5, 5.41) is 0. The lowest BCUT2D eigenvalue weighted by molar-refractivity contribution is -0.108. The molecule has 0 saturated carbocycles. The predicted molar refractivity (Wildman–Crippen MR) is 134 cm³/mol. The molecule has 0 aliphatic carbocycles. The van der Waals surface area contributed by atoms with Gasteiger partial charge in [-0.1, -0.05) is 43.3 Å².